The van der Waals surface area contributed by atoms with E-state index < -0.39 is 15.9 Å². The summed E-state index contributed by atoms with van der Waals surface area (Å²) in [4.78, 5) is 14.9. The third kappa shape index (κ3) is 4.38. The van der Waals surface area contributed by atoms with E-state index in [4.69, 9.17) is 11.6 Å². The van der Waals surface area contributed by atoms with Crippen LogP contribution in [0.5, 0.6) is 0 Å². The molecule has 8 heteroatoms. The van der Waals surface area contributed by atoms with Gasteiger partial charge in [-0.25, -0.2) is 8.42 Å². The van der Waals surface area contributed by atoms with Crippen LogP contribution in [0.1, 0.15) is 21.5 Å². The number of nitrogens with zero attached hydrogens (tertiary/aromatic N) is 2. The lowest BCUT2D eigenvalue weighted by Gasteiger charge is -2.31. The van der Waals surface area contributed by atoms with Gasteiger partial charge in [0.25, 0.3) is 5.91 Å². The highest BCUT2D eigenvalue weighted by Crippen LogP contribution is 2.28. The smallest absolute Gasteiger partial charge is 0.255 e. The van der Waals surface area contributed by atoms with E-state index >= 15 is 0 Å². The third-order valence-corrected chi connectivity index (χ3v) is 7.06. The SMILES string of the molecule is Cc1cc(C)c(NC(=O)c2cccc(S(=O)(=O)N3CCN(C)CC3)c2)c(Cl)c1. The fourth-order valence-electron chi connectivity index (χ4n) is 3.24. The molecule has 1 heterocycles. The maximum Gasteiger partial charge on any atom is 0.255 e. The van der Waals surface area contributed by atoms with Gasteiger partial charge < -0.3 is 10.2 Å². The van der Waals surface area contributed by atoms with Crippen molar-refractivity contribution in [3.63, 3.8) is 0 Å². The molecule has 1 amide bonds. The van der Waals surface area contributed by atoms with E-state index in [1.807, 2.05) is 27.0 Å². The molecule has 0 aromatic heterocycles. The van der Waals surface area contributed by atoms with Gasteiger partial charge in [-0.3, -0.25) is 4.79 Å². The number of likely N-dealkylation sites (N-methyl/N-ethyl adjacent to an activating group) is 1. The Bertz CT molecular complexity index is 977. The molecule has 0 atom stereocenters. The van der Waals surface area contributed by atoms with Crippen molar-refractivity contribution < 1.29 is 13.2 Å². The molecule has 1 saturated heterocycles. The lowest BCUT2D eigenvalue weighted by Crippen LogP contribution is -2.47. The number of aryl methyl sites for hydroxylation is 2. The summed E-state index contributed by atoms with van der Waals surface area (Å²) in [6.45, 7) is 6.04. The molecule has 1 N–H and O–H groups in total. The fraction of sp³-hybridized carbons (Fsp3) is 0.350. The minimum atomic E-state index is -3.64. The number of halogens is 1. The Morgan fingerprint density at radius 1 is 1.07 bits per heavy atom. The van der Waals surface area contributed by atoms with E-state index in [0.717, 1.165) is 11.1 Å². The van der Waals surface area contributed by atoms with E-state index in [0.29, 0.717) is 36.9 Å². The quantitative estimate of drug-likeness (QED) is 0.823. The molecule has 0 spiro atoms. The van der Waals surface area contributed by atoms with Gasteiger partial charge in [0.15, 0.2) is 0 Å². The van der Waals surface area contributed by atoms with Gasteiger partial charge in [-0.1, -0.05) is 23.7 Å². The molecule has 0 radical (unpaired) electrons. The molecule has 3 rings (SSSR count). The van der Waals surface area contributed by atoms with Crippen LogP contribution in [0.4, 0.5) is 5.69 Å². The molecule has 2 aromatic carbocycles. The highest BCUT2D eigenvalue weighted by molar-refractivity contribution is 7.89. The Labute approximate surface area is 171 Å². The van der Waals surface area contributed by atoms with Crippen LogP contribution in [0.2, 0.25) is 5.02 Å². The summed E-state index contributed by atoms with van der Waals surface area (Å²) in [7, 11) is -1.67. The van der Waals surface area contributed by atoms with Gasteiger partial charge in [-0.15, -0.1) is 0 Å². The summed E-state index contributed by atoms with van der Waals surface area (Å²) in [6, 6.07) is 9.82. The third-order valence-electron chi connectivity index (χ3n) is 4.87. The van der Waals surface area contributed by atoms with Crippen LogP contribution < -0.4 is 5.32 Å². The highest BCUT2D eigenvalue weighted by atomic mass is 35.5. The predicted octanol–water partition coefficient (Wildman–Crippen LogP) is 3.15. The Hall–Kier alpha value is -1.93. The van der Waals surface area contributed by atoms with Crippen LogP contribution in [0.25, 0.3) is 0 Å². The number of piperazine rings is 1. The van der Waals surface area contributed by atoms with Crippen LogP contribution in [0, 0.1) is 13.8 Å². The van der Waals surface area contributed by atoms with E-state index in [2.05, 4.69) is 10.2 Å². The van der Waals surface area contributed by atoms with E-state index in [9.17, 15) is 13.2 Å². The van der Waals surface area contributed by atoms with Gasteiger partial charge in [-0.05, 0) is 56.3 Å². The average Bonchev–Trinajstić information content (AvgIpc) is 2.65. The molecule has 0 saturated carbocycles. The molecular formula is C20H24ClN3O3S. The second-order valence-electron chi connectivity index (χ2n) is 7.13. The first-order valence-electron chi connectivity index (χ1n) is 9.05. The first-order chi connectivity index (χ1) is 13.2. The van der Waals surface area contributed by atoms with Gasteiger partial charge in [-0.2, -0.15) is 4.31 Å². The zero-order valence-electron chi connectivity index (χ0n) is 16.2. The van der Waals surface area contributed by atoms with Crippen LogP contribution in [-0.4, -0.2) is 56.8 Å². The van der Waals surface area contributed by atoms with Crippen molar-refractivity contribution in [1.29, 1.82) is 0 Å². The lowest BCUT2D eigenvalue weighted by molar-refractivity contribution is 0.102. The van der Waals surface area contributed by atoms with Gasteiger partial charge in [0.05, 0.1) is 15.6 Å². The zero-order chi connectivity index (χ0) is 20.5. The van der Waals surface area contributed by atoms with Gasteiger partial charge in [0.2, 0.25) is 10.0 Å². The molecule has 1 aliphatic heterocycles. The van der Waals surface area contributed by atoms with Gasteiger partial charge in [0.1, 0.15) is 0 Å². The van der Waals surface area contributed by atoms with Crippen molar-refractivity contribution in [3.8, 4) is 0 Å². The highest BCUT2D eigenvalue weighted by Gasteiger charge is 2.28. The number of hydrogen-bond acceptors (Lipinski definition) is 4. The lowest BCUT2D eigenvalue weighted by atomic mass is 10.1. The number of nitrogens with one attached hydrogen (secondary N) is 1. The van der Waals surface area contributed by atoms with Crippen LogP contribution >= 0.6 is 11.6 Å². The summed E-state index contributed by atoms with van der Waals surface area (Å²) in [5.41, 5.74) is 2.65. The molecular weight excluding hydrogens is 398 g/mol. The molecule has 150 valence electrons. The maximum absolute atomic E-state index is 12.9. The van der Waals surface area contributed by atoms with Crippen LogP contribution in [0.3, 0.4) is 0 Å². The molecule has 1 fully saturated rings. The monoisotopic (exact) mass is 421 g/mol. The standard InChI is InChI=1S/C20H24ClN3O3S/c1-14-11-15(2)19(18(21)12-14)22-20(25)16-5-4-6-17(13-16)28(26,27)24-9-7-23(3)8-10-24/h4-6,11-13H,7-10H2,1-3H3,(H,22,25). The van der Waals surface area contributed by atoms with E-state index in [1.54, 1.807) is 18.2 Å². The van der Waals surface area contributed by atoms with Crippen molar-refractivity contribution in [2.45, 2.75) is 18.7 Å². The molecule has 6 nitrogen and oxygen atoms in total. The zero-order valence-corrected chi connectivity index (χ0v) is 17.8. The number of hydrogen-bond donors (Lipinski definition) is 1. The number of benzene rings is 2. The molecule has 28 heavy (non-hydrogen) atoms. The number of carbonyl (C=O) groups excluding carboxylic acids is 1. The first kappa shape index (κ1) is 20.8. The fourth-order valence-corrected chi connectivity index (χ4v) is 5.07. The molecule has 1 aliphatic rings. The normalized spacial score (nSPS) is 16.1. The summed E-state index contributed by atoms with van der Waals surface area (Å²) >= 11 is 6.26. The molecule has 0 aliphatic carbocycles. The number of amides is 1. The molecule has 0 unspecified atom stereocenters. The van der Waals surface area contributed by atoms with Crippen LogP contribution in [-0.2, 0) is 10.0 Å². The van der Waals surface area contributed by atoms with Crippen LogP contribution in [0.15, 0.2) is 41.3 Å². The predicted molar refractivity (Wildman–Crippen MR) is 112 cm³/mol. The van der Waals surface area contributed by atoms with E-state index in [-0.39, 0.29) is 10.5 Å². The topological polar surface area (TPSA) is 69.7 Å². The minimum absolute atomic E-state index is 0.122. The Morgan fingerprint density at radius 3 is 2.39 bits per heavy atom. The summed E-state index contributed by atoms with van der Waals surface area (Å²) in [6.07, 6.45) is 0. The van der Waals surface area contributed by atoms with E-state index in [1.165, 1.54) is 16.4 Å². The van der Waals surface area contributed by atoms with Crippen molar-refractivity contribution in [3.05, 3.63) is 58.1 Å². The van der Waals surface area contributed by atoms with Crippen molar-refractivity contribution in [2.24, 2.45) is 0 Å². The maximum atomic E-state index is 12.9. The van der Waals surface area contributed by atoms with Crippen molar-refractivity contribution in [1.82, 2.24) is 9.21 Å². The number of anilines is 1. The number of rotatable bonds is 4. The van der Waals surface area contributed by atoms with Gasteiger partial charge in [0, 0.05) is 31.7 Å². The number of carbonyl (C=O) groups is 1. The molecule has 2 aromatic rings. The largest absolute Gasteiger partial charge is 0.320 e. The van der Waals surface area contributed by atoms with Crippen molar-refractivity contribution in [2.75, 3.05) is 38.5 Å². The van der Waals surface area contributed by atoms with Crippen molar-refractivity contribution >= 4 is 33.2 Å². The minimum Gasteiger partial charge on any atom is -0.320 e. The summed E-state index contributed by atoms with van der Waals surface area (Å²) in [5.74, 6) is -0.399. The average molecular weight is 422 g/mol. The number of sulfonamides is 1. The second-order valence-corrected chi connectivity index (χ2v) is 9.47. The Kier molecular flexibility index (Phi) is 6.09. The summed E-state index contributed by atoms with van der Waals surface area (Å²) < 4.78 is 27.3. The Morgan fingerprint density at radius 2 is 1.75 bits per heavy atom. The second kappa shape index (κ2) is 8.21. The molecule has 0 bridgehead atoms. The Balaban J connectivity index is 1.84. The summed E-state index contributed by atoms with van der Waals surface area (Å²) in [5, 5.41) is 3.25. The first-order valence-corrected chi connectivity index (χ1v) is 10.9. The van der Waals surface area contributed by atoms with Gasteiger partial charge >= 0.3 is 0 Å².